The van der Waals surface area contributed by atoms with Crippen LogP contribution in [0.2, 0.25) is 0 Å². The maximum absolute atomic E-state index is 15.8. The molecular formula is C30H45FN4O6S. The Bertz CT molecular complexity index is 1250. The van der Waals surface area contributed by atoms with Crippen molar-refractivity contribution in [3.63, 3.8) is 0 Å². The fourth-order valence-electron chi connectivity index (χ4n) is 4.57. The van der Waals surface area contributed by atoms with Crippen LogP contribution in [0.5, 0.6) is 0 Å². The zero-order valence-corrected chi connectivity index (χ0v) is 25.7. The van der Waals surface area contributed by atoms with E-state index in [1.807, 2.05) is 37.3 Å². The molecule has 0 bridgehead atoms. The van der Waals surface area contributed by atoms with Crippen LogP contribution in [0.4, 0.5) is 15.8 Å². The lowest BCUT2D eigenvalue weighted by atomic mass is 9.92. The van der Waals surface area contributed by atoms with Gasteiger partial charge in [0, 0.05) is 25.3 Å². The van der Waals surface area contributed by atoms with Gasteiger partial charge in [-0.25, -0.2) is 12.8 Å². The van der Waals surface area contributed by atoms with E-state index in [-0.39, 0.29) is 42.0 Å². The zero-order valence-electron chi connectivity index (χ0n) is 24.9. The van der Waals surface area contributed by atoms with Crippen molar-refractivity contribution < 1.29 is 32.6 Å². The SMILES string of the molecule is CCNc1cc(C(=O)N[C@@H](Cc2ccccc2)[C@H](O)CNCCC(C)(C)C)c(F)c(N2CCCCS2(=O)=O)c1.O=CO. The molecule has 12 heteroatoms. The van der Waals surface area contributed by atoms with Gasteiger partial charge >= 0.3 is 0 Å². The van der Waals surface area contributed by atoms with Gasteiger partial charge in [0.1, 0.15) is 0 Å². The van der Waals surface area contributed by atoms with Crippen LogP contribution >= 0.6 is 0 Å². The molecule has 2 aromatic rings. The number of aliphatic hydroxyl groups excluding tert-OH is 1. The van der Waals surface area contributed by atoms with Gasteiger partial charge in [-0.05, 0) is 62.3 Å². The van der Waals surface area contributed by atoms with E-state index in [9.17, 15) is 18.3 Å². The summed E-state index contributed by atoms with van der Waals surface area (Å²) in [6.07, 6.45) is 1.45. The van der Waals surface area contributed by atoms with E-state index in [1.165, 1.54) is 12.1 Å². The van der Waals surface area contributed by atoms with E-state index in [0.717, 1.165) is 16.3 Å². The molecule has 1 aliphatic heterocycles. The van der Waals surface area contributed by atoms with Gasteiger partial charge in [0.25, 0.3) is 12.4 Å². The molecule has 0 aromatic heterocycles. The molecule has 1 saturated heterocycles. The lowest BCUT2D eigenvalue weighted by molar-refractivity contribution is -0.122. The predicted octanol–water partition coefficient (Wildman–Crippen LogP) is 3.62. The number of hydrogen-bond acceptors (Lipinski definition) is 7. The number of benzene rings is 2. The molecule has 10 nitrogen and oxygen atoms in total. The molecular weight excluding hydrogens is 563 g/mol. The lowest BCUT2D eigenvalue weighted by Crippen LogP contribution is -2.49. The first-order chi connectivity index (χ1) is 19.8. The highest BCUT2D eigenvalue weighted by Gasteiger charge is 2.31. The Hall–Kier alpha value is -3.22. The summed E-state index contributed by atoms with van der Waals surface area (Å²) < 4.78 is 42.4. The summed E-state index contributed by atoms with van der Waals surface area (Å²) >= 11 is 0. The summed E-state index contributed by atoms with van der Waals surface area (Å²) in [5.41, 5.74) is 1.10. The Morgan fingerprint density at radius 3 is 2.43 bits per heavy atom. The largest absolute Gasteiger partial charge is 0.483 e. The first-order valence-corrected chi connectivity index (χ1v) is 15.8. The molecule has 0 radical (unpaired) electrons. The van der Waals surface area contributed by atoms with Crippen molar-refractivity contribution in [2.45, 2.75) is 65.5 Å². The van der Waals surface area contributed by atoms with Gasteiger partial charge in [0.15, 0.2) is 5.82 Å². The topological polar surface area (TPSA) is 148 Å². The number of nitrogens with zero attached hydrogens (tertiary/aromatic N) is 1. The minimum absolute atomic E-state index is 0.0625. The molecule has 234 valence electrons. The zero-order chi connectivity index (χ0) is 31.3. The molecule has 1 amide bonds. The number of anilines is 2. The summed E-state index contributed by atoms with van der Waals surface area (Å²) in [5.74, 6) is -1.67. The van der Waals surface area contributed by atoms with E-state index < -0.39 is 33.9 Å². The van der Waals surface area contributed by atoms with Crippen molar-refractivity contribution in [1.29, 1.82) is 0 Å². The molecule has 1 heterocycles. The number of hydrogen-bond donors (Lipinski definition) is 5. The highest BCUT2D eigenvalue weighted by Crippen LogP contribution is 2.32. The predicted molar refractivity (Wildman–Crippen MR) is 164 cm³/mol. The molecule has 0 aliphatic carbocycles. The second-order valence-corrected chi connectivity index (χ2v) is 13.5. The number of carbonyl (C=O) groups excluding carboxylic acids is 1. The third-order valence-corrected chi connectivity index (χ3v) is 8.64. The minimum atomic E-state index is -3.69. The molecule has 3 rings (SSSR count). The van der Waals surface area contributed by atoms with E-state index in [2.05, 4.69) is 36.7 Å². The highest BCUT2D eigenvalue weighted by molar-refractivity contribution is 7.92. The first kappa shape index (κ1) is 35.0. The number of halogens is 1. The fourth-order valence-corrected chi connectivity index (χ4v) is 6.20. The molecule has 0 saturated carbocycles. The van der Waals surface area contributed by atoms with Gasteiger partial charge in [-0.2, -0.15) is 0 Å². The van der Waals surface area contributed by atoms with Crippen molar-refractivity contribution in [2.24, 2.45) is 5.41 Å². The van der Waals surface area contributed by atoms with Crippen molar-refractivity contribution in [1.82, 2.24) is 10.6 Å². The van der Waals surface area contributed by atoms with Crippen LogP contribution in [0.1, 0.15) is 62.9 Å². The molecule has 2 atom stereocenters. The minimum Gasteiger partial charge on any atom is -0.483 e. The Balaban J connectivity index is 0.00000197. The van der Waals surface area contributed by atoms with Crippen LogP contribution in [0.3, 0.4) is 0 Å². The van der Waals surface area contributed by atoms with Crippen molar-refractivity contribution in [3.8, 4) is 0 Å². The van der Waals surface area contributed by atoms with Crippen molar-refractivity contribution in [2.75, 3.05) is 41.6 Å². The molecule has 0 spiro atoms. The van der Waals surface area contributed by atoms with Gasteiger partial charge in [0.05, 0.1) is 29.1 Å². The molecule has 42 heavy (non-hydrogen) atoms. The second-order valence-electron chi connectivity index (χ2n) is 11.4. The number of nitrogens with one attached hydrogen (secondary N) is 3. The summed E-state index contributed by atoms with van der Waals surface area (Å²) in [6.45, 7) is 9.67. The second kappa shape index (κ2) is 16.4. The van der Waals surface area contributed by atoms with Crippen LogP contribution < -0.4 is 20.3 Å². The number of rotatable bonds is 12. The Morgan fingerprint density at radius 2 is 1.83 bits per heavy atom. The summed E-state index contributed by atoms with van der Waals surface area (Å²) in [6, 6.07) is 11.6. The van der Waals surface area contributed by atoms with Crippen LogP contribution in [-0.2, 0) is 21.2 Å². The smallest absolute Gasteiger partial charge is 0.290 e. The number of sulfonamides is 1. The van der Waals surface area contributed by atoms with Crippen molar-refractivity contribution >= 4 is 33.8 Å². The number of carboxylic acid groups (broad SMARTS) is 1. The van der Waals surface area contributed by atoms with Gasteiger partial charge < -0.3 is 26.2 Å². The summed E-state index contributed by atoms with van der Waals surface area (Å²) in [7, 11) is -3.69. The van der Waals surface area contributed by atoms with Crippen molar-refractivity contribution in [3.05, 3.63) is 59.4 Å². The lowest BCUT2D eigenvalue weighted by Gasteiger charge is -2.30. The monoisotopic (exact) mass is 608 g/mol. The molecule has 1 aliphatic rings. The summed E-state index contributed by atoms with van der Waals surface area (Å²) in [4.78, 5) is 21.9. The van der Waals surface area contributed by atoms with Crippen LogP contribution in [0, 0.1) is 11.2 Å². The van der Waals surface area contributed by atoms with Crippen LogP contribution in [-0.4, -0.2) is 75.1 Å². The maximum Gasteiger partial charge on any atom is 0.290 e. The Labute approximate surface area is 248 Å². The van der Waals surface area contributed by atoms with Gasteiger partial charge in [-0.1, -0.05) is 51.1 Å². The maximum atomic E-state index is 15.8. The quantitative estimate of drug-likeness (QED) is 0.181. The van der Waals surface area contributed by atoms with Gasteiger partial charge in [-0.3, -0.25) is 13.9 Å². The summed E-state index contributed by atoms with van der Waals surface area (Å²) in [5, 5.41) is 27.1. The average Bonchev–Trinajstić information content (AvgIpc) is 2.92. The normalized spacial score (nSPS) is 16.0. The first-order valence-electron chi connectivity index (χ1n) is 14.2. The number of amides is 1. The fraction of sp³-hybridized carbons (Fsp3) is 0.533. The molecule has 0 unspecified atom stereocenters. The van der Waals surface area contributed by atoms with E-state index in [1.54, 1.807) is 0 Å². The van der Waals surface area contributed by atoms with E-state index in [4.69, 9.17) is 9.90 Å². The Morgan fingerprint density at radius 1 is 1.17 bits per heavy atom. The third-order valence-electron chi connectivity index (χ3n) is 6.78. The van der Waals surface area contributed by atoms with Gasteiger partial charge in [0.2, 0.25) is 10.0 Å². The van der Waals surface area contributed by atoms with Crippen LogP contribution in [0.25, 0.3) is 0 Å². The van der Waals surface area contributed by atoms with Gasteiger partial charge in [-0.15, -0.1) is 0 Å². The highest BCUT2D eigenvalue weighted by atomic mass is 32.2. The van der Waals surface area contributed by atoms with Crippen LogP contribution in [0.15, 0.2) is 42.5 Å². The van der Waals surface area contributed by atoms with E-state index >= 15 is 4.39 Å². The molecule has 2 aromatic carbocycles. The molecule has 5 N–H and O–H groups in total. The Kier molecular flexibility index (Phi) is 13.7. The number of carbonyl (C=O) groups is 2. The third kappa shape index (κ3) is 10.9. The standard InChI is InChI=1S/C29H43FN4O4S.CH2O2/c1-5-32-22-18-23(27(30)25(19-22)34-15-9-10-16-39(34,37)38)28(36)33-24(17-21-11-7-6-8-12-21)26(35)20-31-14-13-29(2,3)4;2-1-3/h6-8,11-12,18-19,24,26,31-32,35H,5,9-10,13-17,20H2,1-4H3,(H,33,36);1H,(H,2,3)/t24-,26+;/m0./s1. The van der Waals surface area contributed by atoms with E-state index in [0.29, 0.717) is 38.0 Å². The average molecular weight is 609 g/mol. The molecule has 1 fully saturated rings. The number of aliphatic hydroxyl groups is 1.